The van der Waals surface area contributed by atoms with Crippen molar-refractivity contribution in [2.45, 2.75) is 43.7 Å². The molecule has 264 valence electrons. The first kappa shape index (κ1) is 32.0. The second-order valence-corrected chi connectivity index (χ2v) is 15.3. The summed E-state index contributed by atoms with van der Waals surface area (Å²) in [6.45, 7) is 0. The maximum Gasteiger partial charge on any atom is 0.159 e. The molecule has 3 aliphatic rings. The van der Waals surface area contributed by atoms with E-state index in [9.17, 15) is 0 Å². The molecule has 1 fully saturated rings. The molecule has 4 heteroatoms. The van der Waals surface area contributed by atoms with E-state index in [4.69, 9.17) is 9.98 Å². The lowest BCUT2D eigenvalue weighted by atomic mass is 9.67. The van der Waals surface area contributed by atoms with E-state index < -0.39 is 0 Å². The van der Waals surface area contributed by atoms with Crippen LogP contribution in [0.3, 0.4) is 0 Å². The van der Waals surface area contributed by atoms with Gasteiger partial charge in [-0.05, 0) is 88.2 Å². The lowest BCUT2D eigenvalue weighted by molar-refractivity contribution is 0.353. The largest absolute Gasteiger partial charge is 0.344 e. The average Bonchev–Trinajstić information content (AvgIpc) is 3.72. The van der Waals surface area contributed by atoms with Gasteiger partial charge in [-0.3, -0.25) is 0 Å². The van der Waals surface area contributed by atoms with E-state index in [2.05, 4.69) is 174 Å². The zero-order valence-corrected chi connectivity index (χ0v) is 30.6. The van der Waals surface area contributed by atoms with Crippen LogP contribution in [0.5, 0.6) is 0 Å². The fourth-order valence-electron chi connectivity index (χ4n) is 9.65. The Morgan fingerprint density at radius 2 is 1.20 bits per heavy atom. The third-order valence-electron chi connectivity index (χ3n) is 12.2. The number of nitrogens with one attached hydrogen (secondary N) is 1. The van der Waals surface area contributed by atoms with Gasteiger partial charge in [0, 0.05) is 33.0 Å². The molecule has 1 N–H and O–H groups in total. The highest BCUT2D eigenvalue weighted by atomic mass is 15.2. The number of amidine groups is 2. The first-order valence-electron chi connectivity index (χ1n) is 19.7. The van der Waals surface area contributed by atoms with E-state index in [1.807, 2.05) is 6.07 Å². The second-order valence-electron chi connectivity index (χ2n) is 15.3. The standard InChI is InChI=1S/C51H40N4/c1-5-16-34(17-6-1)37-22-15-23-39(30-37)55-46-25-12-11-24-41(46)43-32-45-42(33-47(43)55)40-27-26-38(31-44(40)51(45)28-13-4-14-29-51)50-53-48(35-18-7-2-8-19-35)52-49(54-50)36-20-9-3-10-21-36/h1-3,5-12,15-27,30-33,48H,4,13-14,28-29H2,(H,52,53,54). The van der Waals surface area contributed by atoms with Crippen molar-refractivity contribution in [2.24, 2.45) is 9.98 Å². The van der Waals surface area contributed by atoms with E-state index in [0.29, 0.717) is 0 Å². The van der Waals surface area contributed by atoms with Gasteiger partial charge in [0.2, 0.25) is 0 Å². The van der Waals surface area contributed by atoms with Crippen molar-refractivity contribution in [3.63, 3.8) is 0 Å². The third-order valence-corrected chi connectivity index (χ3v) is 12.2. The number of hydrogen-bond donors (Lipinski definition) is 1. The molecule has 4 nitrogen and oxygen atoms in total. The zero-order chi connectivity index (χ0) is 36.3. The van der Waals surface area contributed by atoms with Crippen molar-refractivity contribution < 1.29 is 0 Å². The van der Waals surface area contributed by atoms with E-state index in [1.54, 1.807) is 0 Å². The van der Waals surface area contributed by atoms with Crippen LogP contribution >= 0.6 is 0 Å². The zero-order valence-electron chi connectivity index (χ0n) is 30.6. The van der Waals surface area contributed by atoms with Crippen LogP contribution in [-0.2, 0) is 5.41 Å². The molecule has 8 aromatic rings. The molecular formula is C51H40N4. The summed E-state index contributed by atoms with van der Waals surface area (Å²) in [5.74, 6) is 1.62. The number of hydrogen-bond acceptors (Lipinski definition) is 3. The van der Waals surface area contributed by atoms with Gasteiger partial charge in [-0.2, -0.15) is 0 Å². The first-order valence-corrected chi connectivity index (χ1v) is 19.7. The molecule has 0 saturated heterocycles. The first-order chi connectivity index (χ1) is 27.2. The van der Waals surface area contributed by atoms with Gasteiger partial charge in [-0.1, -0.05) is 153 Å². The maximum absolute atomic E-state index is 5.20. The molecule has 1 aromatic heterocycles. The number of benzene rings is 7. The number of rotatable bonds is 5. The Labute approximate surface area is 321 Å². The molecular weight excluding hydrogens is 669 g/mol. The molecule has 7 aromatic carbocycles. The fraction of sp³-hybridized carbons (Fsp3) is 0.137. The Hall–Kier alpha value is -6.52. The SMILES string of the molecule is c1ccc(C2=NC(c3ccccc3)NC(c3ccc4c(c3)C3(CCCCC3)c3cc5c6ccccc6n(-c6cccc(-c7ccccc7)c6)c5cc3-4)=N2)cc1. The summed E-state index contributed by atoms with van der Waals surface area (Å²) in [6.07, 6.45) is 5.83. The monoisotopic (exact) mass is 708 g/mol. The highest BCUT2D eigenvalue weighted by Gasteiger charge is 2.44. The lowest BCUT2D eigenvalue weighted by Crippen LogP contribution is -2.34. The van der Waals surface area contributed by atoms with E-state index in [-0.39, 0.29) is 11.6 Å². The van der Waals surface area contributed by atoms with Crippen LogP contribution in [0.1, 0.15) is 66.1 Å². The highest BCUT2D eigenvalue weighted by molar-refractivity contribution is 6.14. The number of para-hydroxylation sites is 1. The molecule has 0 radical (unpaired) electrons. The van der Waals surface area contributed by atoms with Crippen LogP contribution in [0, 0.1) is 0 Å². The van der Waals surface area contributed by atoms with Gasteiger partial charge >= 0.3 is 0 Å². The molecule has 1 unspecified atom stereocenters. The van der Waals surface area contributed by atoms with Crippen LogP contribution in [0.15, 0.2) is 180 Å². The van der Waals surface area contributed by atoms with Crippen LogP contribution in [-0.4, -0.2) is 16.2 Å². The van der Waals surface area contributed by atoms with E-state index >= 15 is 0 Å². The minimum Gasteiger partial charge on any atom is -0.344 e. The van der Waals surface area contributed by atoms with Gasteiger partial charge in [0.1, 0.15) is 12.0 Å². The molecule has 55 heavy (non-hydrogen) atoms. The maximum atomic E-state index is 5.20. The lowest BCUT2D eigenvalue weighted by Gasteiger charge is -2.36. The summed E-state index contributed by atoms with van der Waals surface area (Å²) in [5.41, 5.74) is 15.0. The predicted octanol–water partition coefficient (Wildman–Crippen LogP) is 12.2. The van der Waals surface area contributed by atoms with Gasteiger partial charge in [0.25, 0.3) is 0 Å². The molecule has 0 amide bonds. The van der Waals surface area contributed by atoms with Crippen molar-refractivity contribution in [2.75, 3.05) is 0 Å². The molecule has 1 spiro atoms. The van der Waals surface area contributed by atoms with Crippen LogP contribution < -0.4 is 5.32 Å². The Morgan fingerprint density at radius 1 is 0.509 bits per heavy atom. The Balaban J connectivity index is 1.09. The van der Waals surface area contributed by atoms with E-state index in [0.717, 1.165) is 41.2 Å². The summed E-state index contributed by atoms with van der Waals surface area (Å²) in [5, 5.41) is 6.36. The molecule has 1 aliphatic heterocycles. The molecule has 1 saturated carbocycles. The molecule has 2 heterocycles. The molecule has 11 rings (SSSR count). The van der Waals surface area contributed by atoms with Crippen molar-refractivity contribution in [1.29, 1.82) is 0 Å². The summed E-state index contributed by atoms with van der Waals surface area (Å²) < 4.78 is 2.48. The minimum absolute atomic E-state index is 0.0338. The molecule has 2 aliphatic carbocycles. The van der Waals surface area contributed by atoms with Crippen LogP contribution in [0.4, 0.5) is 0 Å². The van der Waals surface area contributed by atoms with Crippen LogP contribution in [0.2, 0.25) is 0 Å². The normalized spacial score (nSPS) is 17.1. The Kier molecular flexibility index (Phi) is 7.44. The third kappa shape index (κ3) is 5.20. The highest BCUT2D eigenvalue weighted by Crippen LogP contribution is 2.57. The van der Waals surface area contributed by atoms with Gasteiger partial charge in [-0.25, -0.2) is 9.98 Å². The topological polar surface area (TPSA) is 41.7 Å². The number of nitrogens with zero attached hydrogens (tertiary/aromatic N) is 3. The Morgan fingerprint density at radius 3 is 2.00 bits per heavy atom. The molecule has 1 atom stereocenters. The quantitative estimate of drug-likeness (QED) is 0.190. The van der Waals surface area contributed by atoms with Crippen LogP contribution in [0.25, 0.3) is 49.7 Å². The summed E-state index contributed by atoms with van der Waals surface area (Å²) in [7, 11) is 0. The van der Waals surface area contributed by atoms with Crippen molar-refractivity contribution in [3.05, 3.63) is 198 Å². The number of aromatic nitrogens is 1. The fourth-order valence-corrected chi connectivity index (χ4v) is 9.65. The summed E-state index contributed by atoms with van der Waals surface area (Å²) in [6, 6.07) is 61.7. The second kappa shape index (κ2) is 12.8. The smallest absolute Gasteiger partial charge is 0.159 e. The summed E-state index contributed by atoms with van der Waals surface area (Å²) in [4.78, 5) is 10.3. The van der Waals surface area contributed by atoms with E-state index in [1.165, 1.54) is 80.1 Å². The van der Waals surface area contributed by atoms with Gasteiger partial charge in [0.15, 0.2) is 5.84 Å². The predicted molar refractivity (Wildman–Crippen MR) is 227 cm³/mol. The minimum atomic E-state index is -0.229. The average molecular weight is 709 g/mol. The van der Waals surface area contributed by atoms with Crippen molar-refractivity contribution in [1.82, 2.24) is 9.88 Å². The number of fused-ring (bicyclic) bond motifs is 8. The molecule has 0 bridgehead atoms. The van der Waals surface area contributed by atoms with Crippen molar-refractivity contribution >= 4 is 33.5 Å². The van der Waals surface area contributed by atoms with Crippen molar-refractivity contribution in [3.8, 4) is 27.9 Å². The Bertz CT molecular complexity index is 2810. The number of aliphatic imine (C=N–C) groups is 2. The van der Waals surface area contributed by atoms with Gasteiger partial charge in [0.05, 0.1) is 11.0 Å². The summed E-state index contributed by atoms with van der Waals surface area (Å²) >= 11 is 0. The van der Waals surface area contributed by atoms with Gasteiger partial charge in [-0.15, -0.1) is 0 Å². The van der Waals surface area contributed by atoms with Gasteiger partial charge < -0.3 is 9.88 Å².